The van der Waals surface area contributed by atoms with Crippen LogP contribution in [0.25, 0.3) is 0 Å². The minimum atomic E-state index is -0.384. The van der Waals surface area contributed by atoms with E-state index in [0.29, 0.717) is 23.6 Å². The van der Waals surface area contributed by atoms with Gasteiger partial charge in [-0.05, 0) is 66.6 Å². The predicted molar refractivity (Wildman–Crippen MR) is 116 cm³/mol. The highest BCUT2D eigenvalue weighted by Crippen LogP contribution is 2.40. The Hall–Kier alpha value is -3.18. The molecule has 4 nitrogen and oxygen atoms in total. The summed E-state index contributed by atoms with van der Waals surface area (Å²) in [5.74, 6) is -0.664. The number of rotatable bonds is 3. The van der Waals surface area contributed by atoms with Crippen molar-refractivity contribution in [1.82, 2.24) is 0 Å². The molecule has 6 heteroatoms. The molecule has 0 saturated carbocycles. The number of benzene rings is 3. The lowest BCUT2D eigenvalue weighted by atomic mass is 9.93. The zero-order valence-corrected chi connectivity index (χ0v) is 17.1. The van der Waals surface area contributed by atoms with Crippen LogP contribution >= 0.6 is 11.6 Å². The molecule has 3 aromatic carbocycles. The number of hydrogen-bond donors (Lipinski definition) is 0. The Morgan fingerprint density at radius 2 is 1.67 bits per heavy atom. The lowest BCUT2D eigenvalue weighted by Crippen LogP contribution is -2.42. The normalized spacial score (nSPS) is 15.4. The van der Waals surface area contributed by atoms with Gasteiger partial charge in [-0.15, -0.1) is 0 Å². The Kier molecular flexibility index (Phi) is 5.55. The molecule has 1 atom stereocenters. The van der Waals surface area contributed by atoms with Crippen LogP contribution in [0.4, 0.5) is 15.8 Å². The molecule has 0 bridgehead atoms. The van der Waals surface area contributed by atoms with E-state index in [2.05, 4.69) is 0 Å². The van der Waals surface area contributed by atoms with Gasteiger partial charge in [-0.1, -0.05) is 29.8 Å². The van der Waals surface area contributed by atoms with Gasteiger partial charge in [0.1, 0.15) is 5.82 Å². The largest absolute Gasteiger partial charge is 0.308 e. The summed E-state index contributed by atoms with van der Waals surface area (Å²) in [5.41, 5.74) is 2.82. The van der Waals surface area contributed by atoms with Gasteiger partial charge in [0.2, 0.25) is 5.91 Å². The monoisotopic (exact) mass is 422 g/mol. The number of hydrogen-bond acceptors (Lipinski definition) is 2. The van der Waals surface area contributed by atoms with Crippen molar-refractivity contribution < 1.29 is 14.0 Å². The summed E-state index contributed by atoms with van der Waals surface area (Å²) in [7, 11) is 0. The summed E-state index contributed by atoms with van der Waals surface area (Å²) in [6.07, 6.45) is 0.576. The molecule has 1 heterocycles. The Bertz CT molecular complexity index is 1080. The topological polar surface area (TPSA) is 40.6 Å². The fraction of sp³-hybridized carbons (Fsp3) is 0.167. The summed E-state index contributed by atoms with van der Waals surface area (Å²) in [4.78, 5) is 29.1. The van der Waals surface area contributed by atoms with E-state index >= 15 is 0 Å². The molecule has 0 unspecified atom stereocenters. The minimum absolute atomic E-state index is 0.0876. The van der Waals surface area contributed by atoms with Crippen LogP contribution in [0.3, 0.4) is 0 Å². The van der Waals surface area contributed by atoms with Gasteiger partial charge in [-0.3, -0.25) is 9.59 Å². The maximum absolute atomic E-state index is 13.3. The van der Waals surface area contributed by atoms with Gasteiger partial charge in [0, 0.05) is 35.4 Å². The van der Waals surface area contributed by atoms with E-state index in [9.17, 15) is 14.0 Å². The molecule has 0 radical (unpaired) electrons. The van der Waals surface area contributed by atoms with E-state index in [-0.39, 0.29) is 23.7 Å². The number of nitrogens with zero attached hydrogens (tertiary/aromatic N) is 2. The van der Waals surface area contributed by atoms with Crippen LogP contribution < -0.4 is 9.80 Å². The second kappa shape index (κ2) is 8.28. The molecular formula is C24H20ClFN2O2. The summed E-state index contributed by atoms with van der Waals surface area (Å²) in [6.45, 7) is 1.97. The predicted octanol–water partition coefficient (Wildman–Crippen LogP) is 5.62. The molecule has 4 rings (SSSR count). The van der Waals surface area contributed by atoms with E-state index in [1.165, 1.54) is 31.2 Å². The first-order chi connectivity index (χ1) is 14.5. The second-order valence-electron chi connectivity index (χ2n) is 7.19. The number of carbonyl (C=O) groups is 2. The Morgan fingerprint density at radius 1 is 1.00 bits per heavy atom. The Labute approximate surface area is 179 Å². The van der Waals surface area contributed by atoms with E-state index in [1.54, 1.807) is 21.9 Å². The van der Waals surface area contributed by atoms with Crippen molar-refractivity contribution in [2.24, 2.45) is 0 Å². The van der Waals surface area contributed by atoms with Crippen LogP contribution in [0.5, 0.6) is 0 Å². The van der Waals surface area contributed by atoms with Crippen molar-refractivity contribution in [1.29, 1.82) is 0 Å². The first-order valence-electron chi connectivity index (χ1n) is 9.67. The number of halogens is 2. The van der Waals surface area contributed by atoms with Crippen molar-refractivity contribution in [3.63, 3.8) is 0 Å². The molecule has 30 heavy (non-hydrogen) atoms. The van der Waals surface area contributed by atoms with Crippen molar-refractivity contribution in [2.45, 2.75) is 19.4 Å². The molecule has 0 N–H and O–H groups in total. The average Bonchev–Trinajstić information content (AvgIpc) is 2.75. The average molecular weight is 423 g/mol. The van der Waals surface area contributed by atoms with Crippen molar-refractivity contribution >= 4 is 34.8 Å². The van der Waals surface area contributed by atoms with Crippen molar-refractivity contribution in [3.05, 3.63) is 94.8 Å². The molecular weight excluding hydrogens is 403 g/mol. The standard InChI is InChI=1S/C24H20ClFN2O2/c1-16(29)28(20-12-8-18(25)9-13-20)23-14-15-27(22-5-3-2-4-21(22)23)24(30)17-6-10-19(26)11-7-17/h2-13,23H,14-15H2,1H3/t23-/m1/s1. The van der Waals surface area contributed by atoms with Gasteiger partial charge in [0.15, 0.2) is 0 Å². The van der Waals surface area contributed by atoms with Crippen LogP contribution in [-0.2, 0) is 4.79 Å². The zero-order chi connectivity index (χ0) is 21.3. The highest BCUT2D eigenvalue weighted by Gasteiger charge is 2.34. The Morgan fingerprint density at radius 3 is 2.33 bits per heavy atom. The highest BCUT2D eigenvalue weighted by atomic mass is 35.5. The third-order valence-electron chi connectivity index (χ3n) is 5.30. The van der Waals surface area contributed by atoms with Crippen molar-refractivity contribution in [3.8, 4) is 0 Å². The molecule has 152 valence electrons. The first-order valence-corrected chi connectivity index (χ1v) is 10.1. The number of fused-ring (bicyclic) bond motifs is 1. The van der Waals surface area contributed by atoms with E-state index in [4.69, 9.17) is 11.6 Å². The van der Waals surface area contributed by atoms with Gasteiger partial charge < -0.3 is 9.80 Å². The van der Waals surface area contributed by atoms with Crippen LogP contribution in [0, 0.1) is 5.82 Å². The molecule has 3 aromatic rings. The third-order valence-corrected chi connectivity index (χ3v) is 5.56. The summed E-state index contributed by atoms with van der Waals surface area (Å²) in [5, 5.41) is 0.599. The highest BCUT2D eigenvalue weighted by molar-refractivity contribution is 6.30. The maximum atomic E-state index is 13.3. The van der Waals surface area contributed by atoms with E-state index in [0.717, 1.165) is 16.9 Å². The van der Waals surface area contributed by atoms with Crippen LogP contribution in [0.1, 0.15) is 35.3 Å². The zero-order valence-electron chi connectivity index (χ0n) is 16.4. The lowest BCUT2D eigenvalue weighted by molar-refractivity contribution is -0.117. The first kappa shape index (κ1) is 20.1. The molecule has 0 aromatic heterocycles. The van der Waals surface area contributed by atoms with E-state index in [1.807, 2.05) is 36.4 Å². The second-order valence-corrected chi connectivity index (χ2v) is 7.63. The van der Waals surface area contributed by atoms with Crippen LogP contribution in [-0.4, -0.2) is 18.4 Å². The van der Waals surface area contributed by atoms with Crippen LogP contribution in [0.15, 0.2) is 72.8 Å². The van der Waals surface area contributed by atoms with Crippen molar-refractivity contribution in [2.75, 3.05) is 16.3 Å². The molecule has 0 saturated heterocycles. The Balaban J connectivity index is 1.72. The minimum Gasteiger partial charge on any atom is -0.308 e. The lowest BCUT2D eigenvalue weighted by Gasteiger charge is -2.39. The number of anilines is 2. The number of amides is 2. The summed E-state index contributed by atoms with van der Waals surface area (Å²) in [6, 6.07) is 20.1. The number of carbonyl (C=O) groups excluding carboxylic acids is 2. The quantitative estimate of drug-likeness (QED) is 0.549. The fourth-order valence-electron chi connectivity index (χ4n) is 3.95. The smallest absolute Gasteiger partial charge is 0.258 e. The number of para-hydroxylation sites is 1. The van der Waals surface area contributed by atoms with Gasteiger partial charge in [-0.25, -0.2) is 4.39 Å². The third kappa shape index (κ3) is 3.81. The SMILES string of the molecule is CC(=O)N(c1ccc(Cl)cc1)[C@@H]1CCN(C(=O)c2ccc(F)cc2)c2ccccc21. The maximum Gasteiger partial charge on any atom is 0.258 e. The molecule has 0 fully saturated rings. The van der Waals surface area contributed by atoms with Gasteiger partial charge >= 0.3 is 0 Å². The molecule has 0 spiro atoms. The van der Waals surface area contributed by atoms with Gasteiger partial charge in [0.25, 0.3) is 5.91 Å². The van der Waals surface area contributed by atoms with E-state index < -0.39 is 0 Å². The van der Waals surface area contributed by atoms with Gasteiger partial charge in [0.05, 0.1) is 6.04 Å². The molecule has 1 aliphatic heterocycles. The summed E-state index contributed by atoms with van der Waals surface area (Å²) >= 11 is 6.01. The molecule has 2 amide bonds. The molecule has 1 aliphatic rings. The van der Waals surface area contributed by atoms with Gasteiger partial charge in [-0.2, -0.15) is 0 Å². The summed E-state index contributed by atoms with van der Waals surface area (Å²) < 4.78 is 13.3. The molecule has 0 aliphatic carbocycles. The van der Waals surface area contributed by atoms with Crippen LogP contribution in [0.2, 0.25) is 5.02 Å². The fourth-order valence-corrected chi connectivity index (χ4v) is 4.08.